The highest BCUT2D eigenvalue weighted by molar-refractivity contribution is 6.74. The van der Waals surface area contributed by atoms with E-state index in [9.17, 15) is 20.0 Å². The molecule has 0 bridgehead atoms. The first kappa shape index (κ1) is 31.3. The molecule has 0 amide bonds. The zero-order valence-electron chi connectivity index (χ0n) is 25.8. The molecular formula is C34H43FN2O5Si. The Morgan fingerprint density at radius 3 is 2.02 bits per heavy atom. The highest BCUT2D eigenvalue weighted by Gasteiger charge is 2.70. The molecule has 0 saturated heterocycles. The van der Waals surface area contributed by atoms with Crippen molar-refractivity contribution < 1.29 is 23.6 Å². The van der Waals surface area contributed by atoms with E-state index < -0.39 is 37.0 Å². The van der Waals surface area contributed by atoms with Crippen LogP contribution in [0.3, 0.4) is 0 Å². The number of hydrogen-bond acceptors (Lipinski definition) is 5. The van der Waals surface area contributed by atoms with E-state index in [2.05, 4.69) is 20.8 Å². The van der Waals surface area contributed by atoms with Crippen molar-refractivity contribution in [1.29, 1.82) is 0 Å². The van der Waals surface area contributed by atoms with Crippen LogP contribution in [0.5, 0.6) is 0 Å². The van der Waals surface area contributed by atoms with E-state index in [1.807, 2.05) is 73.8 Å². The first-order chi connectivity index (χ1) is 20.1. The molecular weight excluding hydrogens is 563 g/mol. The number of benzene rings is 2. The fourth-order valence-corrected chi connectivity index (χ4v) is 7.57. The van der Waals surface area contributed by atoms with Crippen LogP contribution in [0.25, 0.3) is 0 Å². The standard InChI is InChI=1S/C34H43FN2O5Si/c1-31(2,3)43(4,5)42-24-32(30(38)39)18-19-34(37(40)41,29(21-32)28-17-16-27-20-33(27,28)35)36(22-25-12-8-6-9-13-25)23-26-14-10-7-11-15-26/h6-15,18-19,21,27-28H,16-17,20,22-24H2,1-5H3,(H,38,39)/t27?,28?,32-,33?,34-/m1/s1. The maximum absolute atomic E-state index is 16.4. The minimum Gasteiger partial charge on any atom is -0.480 e. The van der Waals surface area contributed by atoms with Gasteiger partial charge in [-0.3, -0.25) is 14.9 Å². The van der Waals surface area contributed by atoms with Crippen molar-refractivity contribution in [3.05, 3.63) is 106 Å². The van der Waals surface area contributed by atoms with Crippen molar-refractivity contribution in [2.24, 2.45) is 17.3 Å². The first-order valence-electron chi connectivity index (χ1n) is 15.1. The maximum Gasteiger partial charge on any atom is 0.319 e. The Bertz CT molecular complexity index is 1380. The summed E-state index contributed by atoms with van der Waals surface area (Å²) in [5.41, 5.74) is -3.19. The van der Waals surface area contributed by atoms with E-state index in [1.165, 1.54) is 18.2 Å². The number of fused-ring (bicyclic) bond motifs is 1. The summed E-state index contributed by atoms with van der Waals surface area (Å²) in [7, 11) is -2.38. The Morgan fingerprint density at radius 2 is 1.60 bits per heavy atom. The summed E-state index contributed by atoms with van der Waals surface area (Å²) in [5, 5.41) is 24.0. The van der Waals surface area contributed by atoms with Gasteiger partial charge in [-0.1, -0.05) is 93.6 Å². The highest BCUT2D eigenvalue weighted by Crippen LogP contribution is 2.66. The summed E-state index contributed by atoms with van der Waals surface area (Å²) in [4.78, 5) is 28.0. The van der Waals surface area contributed by atoms with Crippen molar-refractivity contribution >= 4 is 14.3 Å². The van der Waals surface area contributed by atoms with Crippen LogP contribution >= 0.6 is 0 Å². The van der Waals surface area contributed by atoms with Crippen molar-refractivity contribution in [1.82, 2.24) is 4.90 Å². The predicted octanol–water partition coefficient (Wildman–Crippen LogP) is 7.39. The largest absolute Gasteiger partial charge is 0.480 e. The lowest BCUT2D eigenvalue weighted by Gasteiger charge is -2.44. The van der Waals surface area contributed by atoms with Gasteiger partial charge in [0.1, 0.15) is 11.1 Å². The van der Waals surface area contributed by atoms with Gasteiger partial charge in [0.15, 0.2) is 8.32 Å². The molecule has 0 aromatic heterocycles. The van der Waals surface area contributed by atoms with Gasteiger partial charge in [-0.05, 0) is 54.4 Å². The predicted molar refractivity (Wildman–Crippen MR) is 167 cm³/mol. The molecule has 0 spiro atoms. The third kappa shape index (κ3) is 5.63. The molecule has 0 heterocycles. The third-order valence-corrected chi connectivity index (χ3v) is 14.8. The van der Waals surface area contributed by atoms with E-state index in [4.69, 9.17) is 4.43 Å². The Kier molecular flexibility index (Phi) is 8.07. The Hall–Kier alpha value is -3.14. The van der Waals surface area contributed by atoms with E-state index >= 15 is 4.39 Å². The number of aliphatic carboxylic acids is 1. The van der Waals surface area contributed by atoms with Crippen LogP contribution < -0.4 is 0 Å². The van der Waals surface area contributed by atoms with E-state index in [0.29, 0.717) is 19.3 Å². The number of carbonyl (C=O) groups is 1. The molecule has 0 aliphatic heterocycles. The lowest BCUT2D eigenvalue weighted by molar-refractivity contribution is -0.577. The zero-order chi connectivity index (χ0) is 31.3. The van der Waals surface area contributed by atoms with E-state index in [1.54, 1.807) is 4.90 Å². The molecule has 2 saturated carbocycles. The quantitative estimate of drug-likeness (QED) is 0.0943. The van der Waals surface area contributed by atoms with Crippen LogP contribution in [-0.2, 0) is 22.3 Å². The second kappa shape index (κ2) is 11.1. The lowest BCUT2D eigenvalue weighted by Crippen LogP contribution is -2.58. The summed E-state index contributed by atoms with van der Waals surface area (Å²) < 4.78 is 22.8. The topological polar surface area (TPSA) is 92.9 Å². The van der Waals surface area contributed by atoms with Gasteiger partial charge in [0.2, 0.25) is 0 Å². The molecule has 3 aliphatic rings. The summed E-state index contributed by atoms with van der Waals surface area (Å²) >= 11 is 0. The molecule has 2 aromatic carbocycles. The SMILES string of the molecule is CC(C)(C)[Si](C)(C)OC[C@@]1(C(=O)O)C=C[C@@](N(Cc2ccccc2)Cc2ccccc2)([N+](=O)[O-])C(C2CCC3CC32F)=C1. The van der Waals surface area contributed by atoms with Crippen molar-refractivity contribution in [2.45, 2.75) is 82.6 Å². The number of rotatable bonds is 11. The average molecular weight is 607 g/mol. The fraction of sp³-hybridized carbons (Fsp3) is 0.500. The van der Waals surface area contributed by atoms with E-state index in [0.717, 1.165) is 11.1 Å². The monoisotopic (exact) mass is 606 g/mol. The summed E-state index contributed by atoms with van der Waals surface area (Å²) in [6.45, 7) is 10.6. The number of halogens is 1. The van der Waals surface area contributed by atoms with Crippen LogP contribution in [-0.4, -0.2) is 47.2 Å². The van der Waals surface area contributed by atoms with Crippen LogP contribution in [0.2, 0.25) is 18.1 Å². The molecule has 3 unspecified atom stereocenters. The van der Waals surface area contributed by atoms with Gasteiger partial charge in [0.05, 0.1) is 11.5 Å². The molecule has 1 N–H and O–H groups in total. The molecule has 43 heavy (non-hydrogen) atoms. The molecule has 5 rings (SSSR count). The molecule has 9 heteroatoms. The number of nitro groups is 1. The smallest absolute Gasteiger partial charge is 0.319 e. The second-order valence-electron chi connectivity index (χ2n) is 14.1. The summed E-state index contributed by atoms with van der Waals surface area (Å²) in [6, 6.07) is 19.0. The molecule has 230 valence electrons. The molecule has 7 nitrogen and oxygen atoms in total. The Morgan fingerprint density at radius 1 is 1.05 bits per heavy atom. The average Bonchev–Trinajstić information content (AvgIpc) is 3.51. The van der Waals surface area contributed by atoms with E-state index in [-0.39, 0.29) is 41.1 Å². The Labute approximate surface area is 254 Å². The van der Waals surface area contributed by atoms with Gasteiger partial charge in [-0.25, -0.2) is 9.29 Å². The Balaban J connectivity index is 1.67. The van der Waals surface area contributed by atoms with Gasteiger partial charge in [-0.15, -0.1) is 0 Å². The summed E-state index contributed by atoms with van der Waals surface area (Å²) in [5.74, 6) is -2.06. The molecule has 0 radical (unpaired) electrons. The van der Waals surface area contributed by atoms with Crippen LogP contribution in [0.4, 0.5) is 4.39 Å². The number of nitrogens with zero attached hydrogens (tertiary/aromatic N) is 2. The number of alkyl halides is 1. The second-order valence-corrected chi connectivity index (χ2v) is 18.9. The lowest BCUT2D eigenvalue weighted by atomic mass is 9.71. The van der Waals surface area contributed by atoms with Crippen LogP contribution in [0, 0.1) is 27.4 Å². The van der Waals surface area contributed by atoms with Gasteiger partial charge >= 0.3 is 11.6 Å². The van der Waals surface area contributed by atoms with Crippen LogP contribution in [0.1, 0.15) is 51.2 Å². The van der Waals surface area contributed by atoms with Crippen molar-refractivity contribution in [2.75, 3.05) is 6.61 Å². The van der Waals surface area contributed by atoms with Gasteiger partial charge < -0.3 is 9.53 Å². The minimum atomic E-state index is -2.38. The molecule has 3 aliphatic carbocycles. The van der Waals surface area contributed by atoms with Gasteiger partial charge in [-0.2, -0.15) is 0 Å². The zero-order valence-corrected chi connectivity index (χ0v) is 26.8. The molecule has 2 fully saturated rings. The number of carboxylic acid groups (broad SMARTS) is 1. The third-order valence-electron chi connectivity index (χ3n) is 10.4. The molecule has 5 atom stereocenters. The van der Waals surface area contributed by atoms with Gasteiger partial charge in [0.25, 0.3) is 0 Å². The highest BCUT2D eigenvalue weighted by atomic mass is 28.4. The first-order valence-corrected chi connectivity index (χ1v) is 18.0. The van der Waals surface area contributed by atoms with Crippen molar-refractivity contribution in [3.8, 4) is 0 Å². The summed E-state index contributed by atoms with van der Waals surface area (Å²) in [6.07, 6.45) is 5.79. The van der Waals surface area contributed by atoms with Gasteiger partial charge in [0, 0.05) is 30.7 Å². The van der Waals surface area contributed by atoms with Crippen LogP contribution in [0.15, 0.2) is 84.5 Å². The minimum absolute atomic E-state index is 0.145. The number of carboxylic acids is 1. The normalized spacial score (nSPS) is 30.2. The van der Waals surface area contributed by atoms with Crippen molar-refractivity contribution in [3.63, 3.8) is 0 Å². The maximum atomic E-state index is 16.4. The molecule has 2 aromatic rings. The fourth-order valence-electron chi connectivity index (χ4n) is 6.53. The number of hydrogen-bond donors (Lipinski definition) is 1.